The van der Waals surface area contributed by atoms with Gasteiger partial charge in [-0.3, -0.25) is 0 Å². The van der Waals surface area contributed by atoms with Crippen LogP contribution in [-0.4, -0.2) is 19.8 Å². The molecule has 0 aliphatic rings. The van der Waals surface area contributed by atoms with Crippen LogP contribution >= 0.6 is 11.3 Å². The summed E-state index contributed by atoms with van der Waals surface area (Å²) in [6.07, 6.45) is 0. The summed E-state index contributed by atoms with van der Waals surface area (Å²) in [5.74, 6) is 0. The molecule has 1 atom stereocenters. The van der Waals surface area contributed by atoms with Crippen LogP contribution in [0, 0.1) is 13.8 Å². The average molecular weight is 324 g/mol. The van der Waals surface area contributed by atoms with Crippen LogP contribution in [0.25, 0.3) is 0 Å². The molecular weight excluding hydrogens is 304 g/mol. The fourth-order valence-electron chi connectivity index (χ4n) is 2.45. The lowest BCUT2D eigenvalue weighted by molar-refractivity contribution is 0.402. The second kappa shape index (κ2) is 5.79. The number of nitrogen functional groups attached to an aromatic ring is 1. The van der Waals surface area contributed by atoms with Crippen molar-refractivity contribution < 1.29 is 8.42 Å². The highest BCUT2D eigenvalue weighted by molar-refractivity contribution is 7.89. The van der Waals surface area contributed by atoms with Crippen LogP contribution in [-0.2, 0) is 10.0 Å². The molecule has 0 aliphatic carbocycles. The molecule has 1 aromatic heterocycles. The minimum atomic E-state index is -3.56. The van der Waals surface area contributed by atoms with E-state index in [0.29, 0.717) is 21.7 Å². The van der Waals surface area contributed by atoms with Crippen molar-refractivity contribution in [1.29, 1.82) is 0 Å². The van der Waals surface area contributed by atoms with Crippen LogP contribution < -0.4 is 5.73 Å². The molecule has 4 nitrogen and oxygen atoms in total. The topological polar surface area (TPSA) is 63.4 Å². The van der Waals surface area contributed by atoms with Crippen molar-refractivity contribution in [3.8, 4) is 0 Å². The number of thiophene rings is 1. The van der Waals surface area contributed by atoms with E-state index in [2.05, 4.69) is 0 Å². The Kier molecular flexibility index (Phi) is 4.41. The highest BCUT2D eigenvalue weighted by Gasteiger charge is 2.29. The molecule has 114 valence electrons. The number of nitrogens with zero attached hydrogens (tertiary/aromatic N) is 1. The van der Waals surface area contributed by atoms with Gasteiger partial charge >= 0.3 is 0 Å². The summed E-state index contributed by atoms with van der Waals surface area (Å²) < 4.78 is 27.2. The summed E-state index contributed by atoms with van der Waals surface area (Å²) in [6.45, 7) is 5.45. The zero-order chi connectivity index (χ0) is 15.8. The third-order valence-electron chi connectivity index (χ3n) is 3.62. The molecule has 0 saturated carbocycles. The first-order valence-corrected chi connectivity index (χ1v) is 8.95. The Balaban J connectivity index is 2.47. The zero-order valence-corrected chi connectivity index (χ0v) is 14.3. The van der Waals surface area contributed by atoms with Gasteiger partial charge in [0, 0.05) is 17.6 Å². The van der Waals surface area contributed by atoms with E-state index in [9.17, 15) is 8.42 Å². The number of hydrogen-bond acceptors (Lipinski definition) is 4. The molecule has 0 spiro atoms. The first-order chi connectivity index (χ1) is 9.75. The summed E-state index contributed by atoms with van der Waals surface area (Å²) in [6, 6.07) is 7.07. The predicted octanol–water partition coefficient (Wildman–Crippen LogP) is 3.33. The number of rotatable bonds is 4. The first kappa shape index (κ1) is 16.0. The molecule has 1 aromatic carbocycles. The zero-order valence-electron chi connectivity index (χ0n) is 12.6. The Labute approximate surface area is 130 Å². The molecule has 0 radical (unpaired) electrons. The van der Waals surface area contributed by atoms with Gasteiger partial charge in [-0.25, -0.2) is 8.42 Å². The molecule has 2 aromatic rings. The summed E-state index contributed by atoms with van der Waals surface area (Å²) >= 11 is 1.56. The molecule has 0 amide bonds. The quantitative estimate of drug-likeness (QED) is 0.877. The number of aryl methyl sites for hydroxylation is 2. The Hall–Kier alpha value is -1.37. The van der Waals surface area contributed by atoms with E-state index in [1.165, 1.54) is 4.31 Å². The lowest BCUT2D eigenvalue weighted by Crippen LogP contribution is -2.30. The molecule has 6 heteroatoms. The van der Waals surface area contributed by atoms with Gasteiger partial charge in [-0.05, 0) is 55.5 Å². The number of hydrogen-bond donors (Lipinski definition) is 1. The third kappa shape index (κ3) is 2.97. The predicted molar refractivity (Wildman–Crippen MR) is 88.0 cm³/mol. The van der Waals surface area contributed by atoms with Gasteiger partial charge in [0.25, 0.3) is 0 Å². The molecule has 1 heterocycles. The molecule has 0 saturated heterocycles. The molecule has 21 heavy (non-hydrogen) atoms. The largest absolute Gasteiger partial charge is 0.399 e. The van der Waals surface area contributed by atoms with Crippen LogP contribution in [0.4, 0.5) is 5.69 Å². The smallest absolute Gasteiger partial charge is 0.243 e. The highest BCUT2D eigenvalue weighted by Crippen LogP contribution is 2.31. The van der Waals surface area contributed by atoms with Gasteiger partial charge in [0.2, 0.25) is 10.0 Å². The number of sulfonamides is 1. The van der Waals surface area contributed by atoms with Gasteiger partial charge in [0.05, 0.1) is 10.9 Å². The van der Waals surface area contributed by atoms with Crippen molar-refractivity contribution in [1.82, 2.24) is 4.31 Å². The monoisotopic (exact) mass is 324 g/mol. The van der Waals surface area contributed by atoms with Crippen molar-refractivity contribution in [2.75, 3.05) is 12.8 Å². The van der Waals surface area contributed by atoms with Crippen molar-refractivity contribution in [2.24, 2.45) is 0 Å². The maximum absolute atomic E-state index is 12.9. The second-order valence-electron chi connectivity index (χ2n) is 5.20. The number of benzene rings is 1. The second-order valence-corrected chi connectivity index (χ2v) is 8.11. The summed E-state index contributed by atoms with van der Waals surface area (Å²) in [4.78, 5) is 1.37. The Morgan fingerprint density at radius 3 is 2.29 bits per heavy atom. The van der Waals surface area contributed by atoms with Crippen LogP contribution in [0.3, 0.4) is 0 Å². The fourth-order valence-corrected chi connectivity index (χ4v) is 5.09. The van der Waals surface area contributed by atoms with Crippen molar-refractivity contribution in [3.05, 3.63) is 45.6 Å². The van der Waals surface area contributed by atoms with Crippen molar-refractivity contribution >= 4 is 27.0 Å². The van der Waals surface area contributed by atoms with E-state index >= 15 is 0 Å². The average Bonchev–Trinajstić information content (AvgIpc) is 2.89. The van der Waals surface area contributed by atoms with Gasteiger partial charge in [-0.15, -0.1) is 11.3 Å². The molecule has 2 rings (SSSR count). The molecule has 0 bridgehead atoms. The van der Waals surface area contributed by atoms with E-state index in [1.807, 2.05) is 24.4 Å². The standard InChI is InChI=1S/C15H20N2O2S2/c1-10-8-13(16)9-11(2)15(10)21(18,19)17(4)12(3)14-6-5-7-20-14/h5-9,12H,16H2,1-4H3. The number of anilines is 1. The van der Waals surface area contributed by atoms with E-state index in [1.54, 1.807) is 44.4 Å². The van der Waals surface area contributed by atoms with Gasteiger partial charge in [-0.1, -0.05) is 6.07 Å². The molecule has 2 N–H and O–H groups in total. The normalized spacial score (nSPS) is 13.6. The van der Waals surface area contributed by atoms with Crippen LogP contribution in [0.1, 0.15) is 29.0 Å². The maximum atomic E-state index is 12.9. The maximum Gasteiger partial charge on any atom is 0.243 e. The van der Waals surface area contributed by atoms with Crippen molar-refractivity contribution in [2.45, 2.75) is 31.7 Å². The van der Waals surface area contributed by atoms with Gasteiger partial charge in [-0.2, -0.15) is 4.31 Å². The first-order valence-electron chi connectivity index (χ1n) is 6.63. The van der Waals surface area contributed by atoms with E-state index in [0.717, 1.165) is 4.88 Å². The summed E-state index contributed by atoms with van der Waals surface area (Å²) in [5, 5.41) is 1.95. The summed E-state index contributed by atoms with van der Waals surface area (Å²) in [5.41, 5.74) is 7.72. The Bertz CT molecular complexity index is 714. The molecule has 1 unspecified atom stereocenters. The third-order valence-corrected chi connectivity index (χ3v) is 6.90. The van der Waals surface area contributed by atoms with E-state index < -0.39 is 10.0 Å². The SMILES string of the molecule is Cc1cc(N)cc(C)c1S(=O)(=O)N(C)C(C)c1cccs1. The Morgan fingerprint density at radius 2 is 1.81 bits per heavy atom. The lowest BCUT2D eigenvalue weighted by atomic mass is 10.1. The Morgan fingerprint density at radius 1 is 1.24 bits per heavy atom. The minimum Gasteiger partial charge on any atom is -0.399 e. The highest BCUT2D eigenvalue weighted by atomic mass is 32.2. The van der Waals surface area contributed by atoms with E-state index in [-0.39, 0.29) is 6.04 Å². The van der Waals surface area contributed by atoms with Gasteiger partial charge in [0.1, 0.15) is 0 Å². The number of nitrogens with two attached hydrogens (primary N) is 1. The van der Waals surface area contributed by atoms with Crippen LogP contribution in [0.5, 0.6) is 0 Å². The minimum absolute atomic E-state index is 0.202. The lowest BCUT2D eigenvalue weighted by Gasteiger charge is -2.25. The molecular formula is C15H20N2O2S2. The molecule has 0 aliphatic heterocycles. The van der Waals surface area contributed by atoms with Crippen molar-refractivity contribution in [3.63, 3.8) is 0 Å². The van der Waals surface area contributed by atoms with Gasteiger partial charge < -0.3 is 5.73 Å². The fraction of sp³-hybridized carbons (Fsp3) is 0.333. The summed E-state index contributed by atoms with van der Waals surface area (Å²) in [7, 11) is -1.94. The molecule has 0 fully saturated rings. The van der Waals surface area contributed by atoms with E-state index in [4.69, 9.17) is 5.73 Å². The van der Waals surface area contributed by atoms with Gasteiger partial charge in [0.15, 0.2) is 0 Å². The van der Waals surface area contributed by atoms with Crippen LogP contribution in [0.2, 0.25) is 0 Å². The van der Waals surface area contributed by atoms with Crippen LogP contribution in [0.15, 0.2) is 34.5 Å².